The first-order valence-corrected chi connectivity index (χ1v) is 9.85. The van der Waals surface area contributed by atoms with Gasteiger partial charge in [0.25, 0.3) is 0 Å². The molecule has 0 aliphatic carbocycles. The number of amides is 2. The highest BCUT2D eigenvalue weighted by Crippen LogP contribution is 2.27. The predicted molar refractivity (Wildman–Crippen MR) is 112 cm³/mol. The van der Waals surface area contributed by atoms with E-state index in [9.17, 15) is 14.4 Å². The molecule has 6 nitrogen and oxygen atoms in total. The summed E-state index contributed by atoms with van der Waals surface area (Å²) in [5.74, 6) is -0.912. The highest BCUT2D eigenvalue weighted by atomic mass is 35.5. The van der Waals surface area contributed by atoms with Crippen LogP contribution in [0.15, 0.2) is 48.5 Å². The van der Waals surface area contributed by atoms with E-state index in [0.717, 1.165) is 5.69 Å². The SMILES string of the molecule is CC(C)COC(=O)c1ccc(NC(=O)[C@@H]2CC(=O)N(c3ccc(Cl)cc3)C2)cc1. The zero-order valence-electron chi connectivity index (χ0n) is 16.4. The molecule has 0 aromatic heterocycles. The van der Waals surface area contributed by atoms with E-state index in [1.165, 1.54) is 0 Å². The number of anilines is 2. The zero-order valence-corrected chi connectivity index (χ0v) is 17.1. The summed E-state index contributed by atoms with van der Waals surface area (Å²) in [4.78, 5) is 38.5. The lowest BCUT2D eigenvalue weighted by Crippen LogP contribution is -2.28. The Hall–Kier alpha value is -2.86. The van der Waals surface area contributed by atoms with Crippen molar-refractivity contribution < 1.29 is 19.1 Å². The van der Waals surface area contributed by atoms with Gasteiger partial charge in [-0.2, -0.15) is 0 Å². The molecule has 1 fully saturated rings. The van der Waals surface area contributed by atoms with Gasteiger partial charge >= 0.3 is 5.97 Å². The lowest BCUT2D eigenvalue weighted by molar-refractivity contribution is -0.122. The number of rotatable bonds is 6. The Kier molecular flexibility index (Phi) is 6.54. The van der Waals surface area contributed by atoms with E-state index in [1.807, 2.05) is 13.8 Å². The van der Waals surface area contributed by atoms with E-state index >= 15 is 0 Å². The van der Waals surface area contributed by atoms with Crippen molar-refractivity contribution >= 4 is 40.8 Å². The number of nitrogens with one attached hydrogen (secondary N) is 1. The molecule has 1 aliphatic rings. The Bertz CT molecular complexity index is 894. The van der Waals surface area contributed by atoms with E-state index in [-0.39, 0.29) is 24.2 Å². The van der Waals surface area contributed by atoms with Gasteiger partial charge in [0, 0.05) is 29.4 Å². The molecule has 0 bridgehead atoms. The minimum absolute atomic E-state index is 0.101. The zero-order chi connectivity index (χ0) is 21.0. The van der Waals surface area contributed by atoms with Gasteiger partial charge in [0.1, 0.15) is 0 Å². The van der Waals surface area contributed by atoms with Gasteiger partial charge in [-0.1, -0.05) is 25.4 Å². The van der Waals surface area contributed by atoms with Gasteiger partial charge in [-0.3, -0.25) is 9.59 Å². The van der Waals surface area contributed by atoms with E-state index < -0.39 is 11.9 Å². The van der Waals surface area contributed by atoms with Crippen molar-refractivity contribution in [2.45, 2.75) is 20.3 Å². The Labute approximate surface area is 174 Å². The number of ether oxygens (including phenoxy) is 1. The van der Waals surface area contributed by atoms with Crippen molar-refractivity contribution in [3.63, 3.8) is 0 Å². The Morgan fingerprint density at radius 2 is 1.79 bits per heavy atom. The maximum absolute atomic E-state index is 12.6. The second-order valence-corrected chi connectivity index (χ2v) is 7.88. The van der Waals surface area contributed by atoms with E-state index in [2.05, 4.69) is 5.32 Å². The van der Waals surface area contributed by atoms with Gasteiger partial charge in [-0.05, 0) is 54.4 Å². The van der Waals surface area contributed by atoms with Crippen LogP contribution in [0.1, 0.15) is 30.6 Å². The van der Waals surface area contributed by atoms with Crippen molar-refractivity contribution in [3.8, 4) is 0 Å². The van der Waals surface area contributed by atoms with Gasteiger partial charge in [0.2, 0.25) is 11.8 Å². The quantitative estimate of drug-likeness (QED) is 0.720. The normalized spacial score (nSPS) is 16.2. The number of carbonyl (C=O) groups is 3. The van der Waals surface area contributed by atoms with Crippen LogP contribution in [-0.2, 0) is 14.3 Å². The second-order valence-electron chi connectivity index (χ2n) is 7.44. The fraction of sp³-hybridized carbons (Fsp3) is 0.318. The van der Waals surface area contributed by atoms with Crippen molar-refractivity contribution in [1.29, 1.82) is 0 Å². The molecule has 1 saturated heterocycles. The maximum Gasteiger partial charge on any atom is 0.338 e. The predicted octanol–water partition coefficient (Wildman–Crippen LogP) is 4.14. The Balaban J connectivity index is 1.58. The molecule has 1 aliphatic heterocycles. The summed E-state index contributed by atoms with van der Waals surface area (Å²) in [6.07, 6.45) is 0.147. The van der Waals surface area contributed by atoms with Crippen LogP contribution in [0.3, 0.4) is 0 Å². The van der Waals surface area contributed by atoms with Gasteiger partial charge < -0.3 is 15.0 Å². The first kappa shape index (κ1) is 20.9. The van der Waals surface area contributed by atoms with Crippen molar-refractivity contribution in [2.75, 3.05) is 23.4 Å². The monoisotopic (exact) mass is 414 g/mol. The van der Waals surface area contributed by atoms with Crippen LogP contribution >= 0.6 is 11.6 Å². The molecular formula is C22H23ClN2O4. The molecule has 1 atom stereocenters. The summed E-state index contributed by atoms with van der Waals surface area (Å²) in [7, 11) is 0. The largest absolute Gasteiger partial charge is 0.462 e. The fourth-order valence-corrected chi connectivity index (χ4v) is 3.14. The average Bonchev–Trinajstić information content (AvgIpc) is 3.09. The van der Waals surface area contributed by atoms with Crippen molar-refractivity contribution in [3.05, 3.63) is 59.1 Å². The van der Waals surface area contributed by atoms with Crippen LogP contribution in [0.25, 0.3) is 0 Å². The van der Waals surface area contributed by atoms with Crippen LogP contribution in [0.5, 0.6) is 0 Å². The molecule has 7 heteroatoms. The molecule has 0 saturated carbocycles. The fourth-order valence-electron chi connectivity index (χ4n) is 3.01. The van der Waals surface area contributed by atoms with Crippen LogP contribution in [0.2, 0.25) is 5.02 Å². The van der Waals surface area contributed by atoms with Crippen molar-refractivity contribution in [1.82, 2.24) is 0 Å². The summed E-state index contributed by atoms with van der Waals surface area (Å²) in [5, 5.41) is 3.40. The summed E-state index contributed by atoms with van der Waals surface area (Å²) in [6.45, 7) is 4.60. The van der Waals surface area contributed by atoms with E-state index in [4.69, 9.17) is 16.3 Å². The molecule has 0 unspecified atom stereocenters. The van der Waals surface area contributed by atoms with Gasteiger partial charge in [0.05, 0.1) is 18.1 Å². The first-order valence-electron chi connectivity index (χ1n) is 9.47. The number of esters is 1. The smallest absolute Gasteiger partial charge is 0.338 e. The topological polar surface area (TPSA) is 75.7 Å². The molecule has 2 aromatic rings. The van der Waals surface area contributed by atoms with Crippen molar-refractivity contribution in [2.24, 2.45) is 11.8 Å². The van der Waals surface area contributed by atoms with Gasteiger partial charge in [-0.25, -0.2) is 4.79 Å². The maximum atomic E-state index is 12.6. The summed E-state index contributed by atoms with van der Waals surface area (Å²) in [6, 6.07) is 13.5. The minimum atomic E-state index is -0.450. The third-order valence-electron chi connectivity index (χ3n) is 4.57. The Morgan fingerprint density at radius 3 is 2.41 bits per heavy atom. The van der Waals surface area contributed by atoms with Crippen LogP contribution in [0, 0.1) is 11.8 Å². The Morgan fingerprint density at radius 1 is 1.14 bits per heavy atom. The van der Waals surface area contributed by atoms with Crippen LogP contribution < -0.4 is 10.2 Å². The molecule has 0 spiro atoms. The molecule has 29 heavy (non-hydrogen) atoms. The summed E-state index contributed by atoms with van der Waals surface area (Å²) in [5.41, 5.74) is 1.71. The van der Waals surface area contributed by atoms with Gasteiger partial charge in [-0.15, -0.1) is 0 Å². The first-order chi connectivity index (χ1) is 13.8. The second kappa shape index (κ2) is 9.09. The van der Waals surface area contributed by atoms with E-state index in [1.54, 1.807) is 53.4 Å². The average molecular weight is 415 g/mol. The summed E-state index contributed by atoms with van der Waals surface area (Å²) < 4.78 is 5.19. The molecule has 1 N–H and O–H groups in total. The third kappa shape index (κ3) is 5.35. The molecule has 2 aromatic carbocycles. The molecule has 0 radical (unpaired) electrons. The highest BCUT2D eigenvalue weighted by molar-refractivity contribution is 6.30. The standard InChI is InChI=1S/C22H23ClN2O4/c1-14(2)13-29-22(28)15-3-7-18(8-4-15)24-21(27)16-11-20(26)25(12-16)19-9-5-17(23)6-10-19/h3-10,14,16H,11-13H2,1-2H3,(H,24,27)/t16-/m1/s1. The molecule has 2 amide bonds. The number of halogens is 1. The number of hydrogen-bond acceptors (Lipinski definition) is 4. The lowest BCUT2D eigenvalue weighted by Gasteiger charge is -2.16. The molecule has 3 rings (SSSR count). The third-order valence-corrected chi connectivity index (χ3v) is 4.82. The molecule has 1 heterocycles. The van der Waals surface area contributed by atoms with E-state index in [0.29, 0.717) is 29.4 Å². The highest BCUT2D eigenvalue weighted by Gasteiger charge is 2.35. The number of carbonyl (C=O) groups excluding carboxylic acids is 3. The number of benzene rings is 2. The van der Waals surface area contributed by atoms with Crippen LogP contribution in [0.4, 0.5) is 11.4 Å². The van der Waals surface area contributed by atoms with Gasteiger partial charge in [0.15, 0.2) is 0 Å². The minimum Gasteiger partial charge on any atom is -0.462 e. The summed E-state index contributed by atoms with van der Waals surface area (Å²) >= 11 is 5.89. The number of hydrogen-bond donors (Lipinski definition) is 1. The lowest BCUT2D eigenvalue weighted by atomic mass is 10.1. The number of nitrogens with zero attached hydrogens (tertiary/aromatic N) is 1. The van der Waals surface area contributed by atoms with Crippen LogP contribution in [-0.4, -0.2) is 30.9 Å². The molecular weight excluding hydrogens is 392 g/mol. The molecule has 152 valence electrons.